The lowest BCUT2D eigenvalue weighted by atomic mass is 10.2. The minimum atomic E-state index is -1.38. The number of rotatable bonds is 3. The largest absolute Gasteiger partial charge is 0.391 e. The summed E-state index contributed by atoms with van der Waals surface area (Å²) in [4.78, 5) is 0. The van der Waals surface area contributed by atoms with Crippen LogP contribution in [0, 0.1) is 11.5 Å². The van der Waals surface area contributed by atoms with Crippen molar-refractivity contribution in [1.29, 1.82) is 0 Å². The van der Waals surface area contributed by atoms with Gasteiger partial charge in [0.05, 0.1) is 6.61 Å². The van der Waals surface area contributed by atoms with E-state index in [4.69, 9.17) is 0 Å². The summed E-state index contributed by atoms with van der Waals surface area (Å²) in [5, 5.41) is 9.23. The predicted molar refractivity (Wildman–Crippen MR) is 81.8 cm³/mol. The molecule has 0 aliphatic rings. The maximum absolute atomic E-state index is 9.23. The molecule has 94 valence electrons. The minimum absolute atomic E-state index is 0.00336. The average molecular weight is 256 g/mol. The SMILES string of the molecule is C[Si](C)(C)C#C/C(=C/C=C/c1ccccc1)CO. The third-order valence-electron chi connectivity index (χ3n) is 2.15. The Kier molecular flexibility index (Phi) is 5.64. The molecule has 18 heavy (non-hydrogen) atoms. The molecule has 0 bridgehead atoms. The Morgan fingerprint density at radius 2 is 1.89 bits per heavy atom. The standard InChI is InChI=1S/C16H20OSi/c1-18(2,3)13-12-16(14-17)11-7-10-15-8-5-4-6-9-15/h4-11,17H,14H2,1-3H3/b10-7+,16-11-. The third-order valence-corrected chi connectivity index (χ3v) is 3.03. The monoisotopic (exact) mass is 256 g/mol. The first-order chi connectivity index (χ1) is 8.51. The Bertz CT molecular complexity index is 481. The molecule has 0 amide bonds. The van der Waals surface area contributed by atoms with Gasteiger partial charge in [-0.3, -0.25) is 0 Å². The highest BCUT2D eigenvalue weighted by molar-refractivity contribution is 6.83. The van der Waals surface area contributed by atoms with Crippen LogP contribution >= 0.6 is 0 Å². The summed E-state index contributed by atoms with van der Waals surface area (Å²) in [7, 11) is -1.38. The first-order valence-electron chi connectivity index (χ1n) is 6.07. The highest BCUT2D eigenvalue weighted by Gasteiger charge is 2.07. The van der Waals surface area contributed by atoms with Gasteiger partial charge >= 0.3 is 0 Å². The molecule has 1 nitrogen and oxygen atoms in total. The molecular formula is C16H20OSi. The Morgan fingerprint density at radius 1 is 1.22 bits per heavy atom. The summed E-state index contributed by atoms with van der Waals surface area (Å²) >= 11 is 0. The Balaban J connectivity index is 2.74. The highest BCUT2D eigenvalue weighted by atomic mass is 28.3. The lowest BCUT2D eigenvalue weighted by molar-refractivity contribution is 0.336. The van der Waals surface area contributed by atoms with Crippen LogP contribution in [0.3, 0.4) is 0 Å². The Hall–Kier alpha value is -1.56. The van der Waals surface area contributed by atoms with Crippen LogP contribution in [0.4, 0.5) is 0 Å². The summed E-state index contributed by atoms with van der Waals surface area (Å²) in [5.74, 6) is 3.07. The van der Waals surface area contributed by atoms with Crippen LogP contribution in [0.1, 0.15) is 5.56 Å². The van der Waals surface area contributed by atoms with Gasteiger partial charge in [-0.05, 0) is 11.6 Å². The van der Waals surface area contributed by atoms with Crippen molar-refractivity contribution < 1.29 is 5.11 Å². The number of allylic oxidation sites excluding steroid dienone is 2. The van der Waals surface area contributed by atoms with E-state index in [2.05, 4.69) is 31.1 Å². The molecule has 1 rings (SSSR count). The lowest BCUT2D eigenvalue weighted by Gasteiger charge is -2.03. The number of aliphatic hydroxyl groups is 1. The quantitative estimate of drug-likeness (QED) is 0.498. The molecule has 0 atom stereocenters. The van der Waals surface area contributed by atoms with E-state index in [-0.39, 0.29) is 6.61 Å². The maximum Gasteiger partial charge on any atom is 0.129 e. The van der Waals surface area contributed by atoms with Crippen LogP contribution in [0.2, 0.25) is 19.6 Å². The molecule has 0 heterocycles. The van der Waals surface area contributed by atoms with Gasteiger partial charge in [0, 0.05) is 5.57 Å². The van der Waals surface area contributed by atoms with Crippen molar-refractivity contribution in [2.75, 3.05) is 6.61 Å². The van der Waals surface area contributed by atoms with Crippen molar-refractivity contribution in [2.45, 2.75) is 19.6 Å². The third kappa shape index (κ3) is 6.24. The van der Waals surface area contributed by atoms with Crippen LogP contribution < -0.4 is 0 Å². The summed E-state index contributed by atoms with van der Waals surface area (Å²) in [6.07, 6.45) is 5.81. The summed E-state index contributed by atoms with van der Waals surface area (Å²) in [5.41, 5.74) is 5.16. The Labute approximate surface area is 111 Å². The van der Waals surface area contributed by atoms with Crippen LogP contribution in [-0.2, 0) is 0 Å². The molecule has 1 N–H and O–H groups in total. The first kappa shape index (κ1) is 14.5. The van der Waals surface area contributed by atoms with Gasteiger partial charge in [-0.1, -0.05) is 68.0 Å². The van der Waals surface area contributed by atoms with E-state index in [0.717, 1.165) is 11.1 Å². The van der Waals surface area contributed by atoms with Gasteiger partial charge in [0.15, 0.2) is 0 Å². The second-order valence-corrected chi connectivity index (χ2v) is 9.87. The van der Waals surface area contributed by atoms with Crippen molar-refractivity contribution in [1.82, 2.24) is 0 Å². The van der Waals surface area contributed by atoms with E-state index in [1.165, 1.54) is 0 Å². The number of benzene rings is 1. The van der Waals surface area contributed by atoms with E-state index in [1.807, 2.05) is 48.6 Å². The van der Waals surface area contributed by atoms with Crippen molar-refractivity contribution in [3.05, 3.63) is 53.6 Å². The Morgan fingerprint density at radius 3 is 2.44 bits per heavy atom. The van der Waals surface area contributed by atoms with Crippen molar-refractivity contribution >= 4 is 14.1 Å². The average Bonchev–Trinajstić information content (AvgIpc) is 2.33. The van der Waals surface area contributed by atoms with E-state index >= 15 is 0 Å². The van der Waals surface area contributed by atoms with Crippen molar-refractivity contribution in [3.63, 3.8) is 0 Å². The van der Waals surface area contributed by atoms with Gasteiger partial charge in [-0.2, -0.15) is 0 Å². The fraction of sp³-hybridized carbons (Fsp3) is 0.250. The molecule has 1 aromatic carbocycles. The molecule has 0 spiro atoms. The summed E-state index contributed by atoms with van der Waals surface area (Å²) < 4.78 is 0. The zero-order valence-corrected chi connectivity index (χ0v) is 12.3. The second-order valence-electron chi connectivity index (χ2n) is 5.12. The molecule has 2 heteroatoms. The van der Waals surface area contributed by atoms with Crippen LogP contribution in [-0.4, -0.2) is 19.8 Å². The fourth-order valence-corrected chi connectivity index (χ4v) is 1.78. The smallest absolute Gasteiger partial charge is 0.129 e. The fourth-order valence-electron chi connectivity index (χ4n) is 1.24. The molecule has 0 aliphatic carbocycles. The molecular weight excluding hydrogens is 236 g/mol. The molecule has 0 fully saturated rings. The van der Waals surface area contributed by atoms with E-state index in [9.17, 15) is 5.11 Å². The molecule has 0 saturated heterocycles. The van der Waals surface area contributed by atoms with Gasteiger partial charge in [-0.25, -0.2) is 0 Å². The minimum Gasteiger partial charge on any atom is -0.391 e. The van der Waals surface area contributed by atoms with Crippen LogP contribution in [0.25, 0.3) is 6.08 Å². The molecule has 0 radical (unpaired) electrons. The van der Waals surface area contributed by atoms with Crippen molar-refractivity contribution in [2.24, 2.45) is 0 Å². The molecule has 0 unspecified atom stereocenters. The first-order valence-corrected chi connectivity index (χ1v) is 9.57. The van der Waals surface area contributed by atoms with Gasteiger partial charge in [0.25, 0.3) is 0 Å². The van der Waals surface area contributed by atoms with E-state index < -0.39 is 8.07 Å². The normalized spacial score (nSPS) is 12.3. The van der Waals surface area contributed by atoms with Gasteiger partial charge in [-0.15, -0.1) is 5.54 Å². The zero-order chi connectivity index (χ0) is 13.4. The van der Waals surface area contributed by atoms with Gasteiger partial charge < -0.3 is 5.11 Å². The second kappa shape index (κ2) is 7.00. The number of hydrogen-bond acceptors (Lipinski definition) is 1. The van der Waals surface area contributed by atoms with E-state index in [1.54, 1.807) is 0 Å². The van der Waals surface area contributed by atoms with Gasteiger partial charge in [0.1, 0.15) is 8.07 Å². The van der Waals surface area contributed by atoms with Gasteiger partial charge in [0.2, 0.25) is 0 Å². The maximum atomic E-state index is 9.23. The molecule has 1 aromatic rings. The van der Waals surface area contributed by atoms with E-state index in [0.29, 0.717) is 0 Å². The van der Waals surface area contributed by atoms with Crippen LogP contribution in [0.5, 0.6) is 0 Å². The molecule has 0 saturated carbocycles. The summed E-state index contributed by atoms with van der Waals surface area (Å²) in [6, 6.07) is 10.1. The zero-order valence-electron chi connectivity index (χ0n) is 11.3. The molecule has 0 aromatic heterocycles. The lowest BCUT2D eigenvalue weighted by Crippen LogP contribution is -2.16. The van der Waals surface area contributed by atoms with Crippen LogP contribution in [0.15, 0.2) is 48.1 Å². The number of hydrogen-bond donors (Lipinski definition) is 1. The number of aliphatic hydroxyl groups excluding tert-OH is 1. The molecule has 0 aliphatic heterocycles. The summed E-state index contributed by atoms with van der Waals surface area (Å²) in [6.45, 7) is 6.56. The highest BCUT2D eigenvalue weighted by Crippen LogP contribution is 2.03. The predicted octanol–water partition coefficient (Wildman–Crippen LogP) is 3.50. The van der Waals surface area contributed by atoms with Crippen molar-refractivity contribution in [3.8, 4) is 11.5 Å². The topological polar surface area (TPSA) is 20.2 Å².